The van der Waals surface area contributed by atoms with E-state index in [0.29, 0.717) is 6.04 Å². The first-order valence-corrected chi connectivity index (χ1v) is 6.84. The van der Waals surface area contributed by atoms with Crippen LogP contribution in [-0.4, -0.2) is 6.54 Å². The third-order valence-electron chi connectivity index (χ3n) is 3.10. The molecule has 1 aliphatic carbocycles. The molecule has 16 heavy (non-hydrogen) atoms. The summed E-state index contributed by atoms with van der Waals surface area (Å²) in [6.07, 6.45) is 5.57. The zero-order valence-electron chi connectivity index (χ0n) is 9.70. The number of thiophene rings is 1. The molecular weight excluding hydrogens is 216 g/mol. The van der Waals surface area contributed by atoms with Gasteiger partial charge in [-0.05, 0) is 44.4 Å². The Morgan fingerprint density at radius 2 is 2.38 bits per heavy atom. The summed E-state index contributed by atoms with van der Waals surface area (Å²) in [6, 6.07) is 6.53. The lowest BCUT2D eigenvalue weighted by Gasteiger charge is -2.11. The minimum Gasteiger partial charge on any atom is -0.309 e. The molecule has 0 amide bonds. The molecule has 1 unspecified atom stereocenters. The molecule has 1 N–H and O–H groups in total. The molecule has 0 aromatic carbocycles. The molecule has 0 bridgehead atoms. The van der Waals surface area contributed by atoms with E-state index >= 15 is 0 Å². The van der Waals surface area contributed by atoms with E-state index in [0.717, 1.165) is 17.3 Å². The standard InChI is InChI=1S/C13H18N2S/c1-10(13-7-6-12(9-14)16-13)15-8-2-3-11-4-5-11/h6-7,10-11,15H,2-5,8H2,1H3. The smallest absolute Gasteiger partial charge is 0.110 e. The molecule has 1 heterocycles. The average molecular weight is 234 g/mol. The van der Waals surface area contributed by atoms with Crippen LogP contribution in [0.3, 0.4) is 0 Å². The van der Waals surface area contributed by atoms with Gasteiger partial charge in [0.25, 0.3) is 0 Å². The molecule has 2 nitrogen and oxygen atoms in total. The number of rotatable bonds is 6. The van der Waals surface area contributed by atoms with E-state index in [2.05, 4.69) is 24.4 Å². The molecule has 0 saturated heterocycles. The van der Waals surface area contributed by atoms with Crippen molar-refractivity contribution >= 4 is 11.3 Å². The van der Waals surface area contributed by atoms with Crippen LogP contribution < -0.4 is 5.32 Å². The molecule has 0 spiro atoms. The Morgan fingerprint density at radius 1 is 1.56 bits per heavy atom. The first-order valence-electron chi connectivity index (χ1n) is 6.03. The monoisotopic (exact) mass is 234 g/mol. The van der Waals surface area contributed by atoms with Gasteiger partial charge in [-0.25, -0.2) is 0 Å². The molecule has 0 radical (unpaired) electrons. The van der Waals surface area contributed by atoms with E-state index in [-0.39, 0.29) is 0 Å². The lowest BCUT2D eigenvalue weighted by molar-refractivity contribution is 0.538. The highest BCUT2D eigenvalue weighted by Gasteiger charge is 2.20. The van der Waals surface area contributed by atoms with Gasteiger partial charge in [0.15, 0.2) is 0 Å². The second-order valence-corrected chi connectivity index (χ2v) is 5.69. The van der Waals surface area contributed by atoms with Crippen LogP contribution in [0.15, 0.2) is 12.1 Å². The molecule has 1 fully saturated rings. The Labute approximate surface area is 101 Å². The highest BCUT2D eigenvalue weighted by Crippen LogP contribution is 2.33. The summed E-state index contributed by atoms with van der Waals surface area (Å²) in [5.41, 5.74) is 0. The van der Waals surface area contributed by atoms with E-state index < -0.39 is 0 Å². The van der Waals surface area contributed by atoms with E-state index in [9.17, 15) is 0 Å². The van der Waals surface area contributed by atoms with Crippen molar-refractivity contribution in [1.82, 2.24) is 5.32 Å². The van der Waals surface area contributed by atoms with E-state index in [4.69, 9.17) is 5.26 Å². The van der Waals surface area contributed by atoms with Crippen LogP contribution >= 0.6 is 11.3 Å². The fourth-order valence-electron chi connectivity index (χ4n) is 1.86. The Bertz CT molecular complexity index is 374. The predicted molar refractivity (Wildman–Crippen MR) is 67.4 cm³/mol. The van der Waals surface area contributed by atoms with Gasteiger partial charge >= 0.3 is 0 Å². The molecule has 1 aromatic rings. The van der Waals surface area contributed by atoms with Crippen molar-refractivity contribution in [3.8, 4) is 6.07 Å². The summed E-state index contributed by atoms with van der Waals surface area (Å²) >= 11 is 1.59. The summed E-state index contributed by atoms with van der Waals surface area (Å²) in [4.78, 5) is 2.07. The van der Waals surface area contributed by atoms with Gasteiger partial charge in [0.05, 0.1) is 0 Å². The molecular formula is C13H18N2S. The topological polar surface area (TPSA) is 35.8 Å². The van der Waals surface area contributed by atoms with Crippen molar-refractivity contribution in [2.45, 2.75) is 38.6 Å². The van der Waals surface area contributed by atoms with Crippen LogP contribution in [0.25, 0.3) is 0 Å². The number of hydrogen-bond donors (Lipinski definition) is 1. The number of nitrogens with one attached hydrogen (secondary N) is 1. The fraction of sp³-hybridized carbons (Fsp3) is 0.615. The van der Waals surface area contributed by atoms with Crippen LogP contribution in [0.2, 0.25) is 0 Å². The quantitative estimate of drug-likeness (QED) is 0.765. The molecule has 86 valence electrons. The summed E-state index contributed by atoms with van der Waals surface area (Å²) < 4.78 is 0. The van der Waals surface area contributed by atoms with Gasteiger partial charge in [-0.1, -0.05) is 12.8 Å². The van der Waals surface area contributed by atoms with Gasteiger partial charge in [-0.3, -0.25) is 0 Å². The summed E-state index contributed by atoms with van der Waals surface area (Å²) in [5.74, 6) is 1.03. The number of nitrogens with zero attached hydrogens (tertiary/aromatic N) is 1. The highest BCUT2D eigenvalue weighted by atomic mass is 32.1. The van der Waals surface area contributed by atoms with Crippen molar-refractivity contribution in [1.29, 1.82) is 5.26 Å². The Balaban J connectivity index is 1.69. The fourth-order valence-corrected chi connectivity index (χ4v) is 2.69. The maximum Gasteiger partial charge on any atom is 0.110 e. The van der Waals surface area contributed by atoms with Gasteiger partial charge in [-0.2, -0.15) is 5.26 Å². The number of hydrogen-bond acceptors (Lipinski definition) is 3. The molecule has 1 aliphatic rings. The van der Waals surface area contributed by atoms with Gasteiger partial charge in [0.1, 0.15) is 10.9 Å². The highest BCUT2D eigenvalue weighted by molar-refractivity contribution is 7.12. The lowest BCUT2D eigenvalue weighted by Crippen LogP contribution is -2.19. The second kappa shape index (κ2) is 5.47. The number of nitriles is 1. The first kappa shape index (κ1) is 11.6. The van der Waals surface area contributed by atoms with E-state index in [1.165, 1.54) is 30.6 Å². The van der Waals surface area contributed by atoms with Crippen LogP contribution in [-0.2, 0) is 0 Å². The third-order valence-corrected chi connectivity index (χ3v) is 4.27. The van der Waals surface area contributed by atoms with E-state index in [1.54, 1.807) is 11.3 Å². The summed E-state index contributed by atoms with van der Waals surface area (Å²) in [7, 11) is 0. The van der Waals surface area contributed by atoms with Gasteiger partial charge in [0, 0.05) is 10.9 Å². The Morgan fingerprint density at radius 3 is 3.00 bits per heavy atom. The zero-order valence-corrected chi connectivity index (χ0v) is 10.5. The lowest BCUT2D eigenvalue weighted by atomic mass is 10.2. The minimum atomic E-state index is 0.381. The van der Waals surface area contributed by atoms with Crippen molar-refractivity contribution in [2.24, 2.45) is 5.92 Å². The van der Waals surface area contributed by atoms with Crippen molar-refractivity contribution in [3.05, 3.63) is 21.9 Å². The SMILES string of the molecule is CC(NCCCC1CC1)c1ccc(C#N)s1. The molecule has 0 aliphatic heterocycles. The van der Waals surface area contributed by atoms with E-state index in [1.807, 2.05) is 6.07 Å². The van der Waals surface area contributed by atoms with Crippen molar-refractivity contribution in [3.63, 3.8) is 0 Å². The van der Waals surface area contributed by atoms with Gasteiger partial charge in [0.2, 0.25) is 0 Å². The molecule has 2 rings (SSSR count). The maximum absolute atomic E-state index is 8.75. The molecule has 1 atom stereocenters. The Kier molecular flexibility index (Phi) is 3.98. The predicted octanol–water partition coefficient (Wildman–Crippen LogP) is 3.46. The normalized spacial score (nSPS) is 17.0. The summed E-state index contributed by atoms with van der Waals surface area (Å²) in [5, 5.41) is 12.3. The first-order chi connectivity index (χ1) is 7.79. The maximum atomic E-state index is 8.75. The van der Waals surface area contributed by atoms with Gasteiger partial charge in [-0.15, -0.1) is 11.3 Å². The average Bonchev–Trinajstić information content (AvgIpc) is 2.99. The second-order valence-electron chi connectivity index (χ2n) is 4.58. The molecule has 1 aromatic heterocycles. The van der Waals surface area contributed by atoms with Crippen LogP contribution in [0, 0.1) is 17.2 Å². The third kappa shape index (κ3) is 3.33. The van der Waals surface area contributed by atoms with Crippen molar-refractivity contribution in [2.75, 3.05) is 6.54 Å². The molecule has 1 saturated carbocycles. The Hall–Kier alpha value is -0.850. The van der Waals surface area contributed by atoms with Crippen LogP contribution in [0.1, 0.15) is 48.4 Å². The summed E-state index contributed by atoms with van der Waals surface area (Å²) in [6.45, 7) is 3.27. The van der Waals surface area contributed by atoms with Crippen LogP contribution in [0.5, 0.6) is 0 Å². The largest absolute Gasteiger partial charge is 0.309 e. The van der Waals surface area contributed by atoms with Crippen molar-refractivity contribution < 1.29 is 0 Å². The molecule has 3 heteroatoms. The van der Waals surface area contributed by atoms with Crippen LogP contribution in [0.4, 0.5) is 0 Å². The zero-order chi connectivity index (χ0) is 11.4. The minimum absolute atomic E-state index is 0.381. The van der Waals surface area contributed by atoms with Gasteiger partial charge < -0.3 is 5.32 Å².